The molecule has 0 spiro atoms. The maximum Gasteiger partial charge on any atom is 0.124 e. The number of likely N-dealkylation sites (N-methyl/N-ethyl adjacent to an activating group) is 2. The fourth-order valence-electron chi connectivity index (χ4n) is 1.52. The Morgan fingerprint density at radius 2 is 1.94 bits per heavy atom. The van der Waals surface area contributed by atoms with Gasteiger partial charge in [-0.15, -0.1) is 0 Å². The van der Waals surface area contributed by atoms with Crippen molar-refractivity contribution in [1.82, 2.24) is 4.90 Å². The molecule has 0 aromatic heterocycles. The van der Waals surface area contributed by atoms with E-state index in [0.717, 1.165) is 24.3 Å². The number of amidine groups is 1. The Labute approximate surface area is 107 Å². The third kappa shape index (κ3) is 3.91. The predicted molar refractivity (Wildman–Crippen MR) is 74.3 cm³/mol. The number of benzene rings is 1. The molecule has 5 heteroatoms. The minimum Gasteiger partial charge on any atom is -0.384 e. The van der Waals surface area contributed by atoms with Crippen LogP contribution in [-0.4, -0.2) is 45.0 Å². The molecular formula is C12H19ClN4. The Kier molecular flexibility index (Phi) is 4.78. The summed E-state index contributed by atoms with van der Waals surface area (Å²) in [6.45, 7) is 1.79. The normalized spacial score (nSPS) is 10.6. The molecular weight excluding hydrogens is 236 g/mol. The van der Waals surface area contributed by atoms with Gasteiger partial charge in [0.1, 0.15) is 5.84 Å². The zero-order valence-electron chi connectivity index (χ0n) is 10.5. The Bertz CT molecular complexity index is 403. The highest BCUT2D eigenvalue weighted by Gasteiger charge is 2.10. The summed E-state index contributed by atoms with van der Waals surface area (Å²) in [4.78, 5) is 4.16. The van der Waals surface area contributed by atoms with Gasteiger partial charge in [0.2, 0.25) is 0 Å². The molecule has 1 rings (SSSR count). The SMILES string of the molecule is CN(C)CCN(C)c1cc(Cl)ccc1C(=N)N. The number of rotatable bonds is 5. The minimum absolute atomic E-state index is 0.0633. The number of hydrogen-bond acceptors (Lipinski definition) is 3. The first-order chi connectivity index (χ1) is 7.91. The van der Waals surface area contributed by atoms with Crippen LogP contribution in [-0.2, 0) is 0 Å². The molecule has 0 unspecified atom stereocenters. The van der Waals surface area contributed by atoms with E-state index in [1.165, 1.54) is 0 Å². The Balaban J connectivity index is 2.94. The third-order valence-corrected chi connectivity index (χ3v) is 2.78. The van der Waals surface area contributed by atoms with Gasteiger partial charge in [-0.2, -0.15) is 0 Å². The van der Waals surface area contributed by atoms with Crippen molar-refractivity contribution < 1.29 is 0 Å². The van der Waals surface area contributed by atoms with E-state index in [1.54, 1.807) is 12.1 Å². The Morgan fingerprint density at radius 1 is 1.29 bits per heavy atom. The smallest absolute Gasteiger partial charge is 0.124 e. The number of nitrogens with one attached hydrogen (secondary N) is 1. The Hall–Kier alpha value is -1.26. The van der Waals surface area contributed by atoms with E-state index in [4.69, 9.17) is 22.7 Å². The second-order valence-corrected chi connectivity index (χ2v) is 4.74. The molecule has 0 saturated heterocycles. The molecule has 0 aliphatic carbocycles. The standard InChI is InChI=1S/C12H19ClN4/c1-16(2)6-7-17(3)11-8-9(13)4-5-10(11)12(14)15/h4-5,8H,6-7H2,1-3H3,(H3,14,15). The third-order valence-electron chi connectivity index (χ3n) is 2.54. The average molecular weight is 255 g/mol. The second-order valence-electron chi connectivity index (χ2n) is 4.30. The first kappa shape index (κ1) is 13.8. The molecule has 17 heavy (non-hydrogen) atoms. The molecule has 0 aliphatic rings. The van der Waals surface area contributed by atoms with E-state index >= 15 is 0 Å². The second kappa shape index (κ2) is 5.89. The van der Waals surface area contributed by atoms with Crippen LogP contribution in [0.25, 0.3) is 0 Å². The van der Waals surface area contributed by atoms with Gasteiger partial charge in [0.25, 0.3) is 0 Å². The molecule has 0 heterocycles. The number of anilines is 1. The molecule has 0 atom stereocenters. The van der Waals surface area contributed by atoms with Crippen molar-refractivity contribution in [2.45, 2.75) is 0 Å². The predicted octanol–water partition coefficient (Wildman–Crippen LogP) is 1.62. The lowest BCUT2D eigenvalue weighted by atomic mass is 10.1. The van der Waals surface area contributed by atoms with Crippen molar-refractivity contribution >= 4 is 23.1 Å². The fraction of sp³-hybridized carbons (Fsp3) is 0.417. The van der Waals surface area contributed by atoms with E-state index in [9.17, 15) is 0 Å². The molecule has 3 N–H and O–H groups in total. The van der Waals surface area contributed by atoms with Gasteiger partial charge in [0.05, 0.1) is 0 Å². The van der Waals surface area contributed by atoms with Crippen LogP contribution in [0.5, 0.6) is 0 Å². The molecule has 0 aliphatic heterocycles. The number of halogens is 1. The van der Waals surface area contributed by atoms with Gasteiger partial charge in [-0.1, -0.05) is 11.6 Å². The topological polar surface area (TPSA) is 56.4 Å². The van der Waals surface area contributed by atoms with E-state index in [2.05, 4.69) is 9.80 Å². The van der Waals surface area contributed by atoms with Crippen LogP contribution in [0.2, 0.25) is 5.02 Å². The number of hydrogen-bond donors (Lipinski definition) is 2. The van der Waals surface area contributed by atoms with Crippen molar-refractivity contribution in [3.05, 3.63) is 28.8 Å². The van der Waals surface area contributed by atoms with Crippen LogP contribution < -0.4 is 10.6 Å². The highest BCUT2D eigenvalue weighted by Crippen LogP contribution is 2.23. The highest BCUT2D eigenvalue weighted by atomic mass is 35.5. The van der Waals surface area contributed by atoms with Crippen molar-refractivity contribution in [2.24, 2.45) is 5.73 Å². The number of nitrogens with zero attached hydrogens (tertiary/aromatic N) is 2. The zero-order chi connectivity index (χ0) is 13.0. The highest BCUT2D eigenvalue weighted by molar-refractivity contribution is 6.31. The maximum atomic E-state index is 7.55. The van der Waals surface area contributed by atoms with Crippen LogP contribution in [0, 0.1) is 5.41 Å². The summed E-state index contributed by atoms with van der Waals surface area (Å²) in [6.07, 6.45) is 0. The summed E-state index contributed by atoms with van der Waals surface area (Å²) in [5, 5.41) is 8.21. The van der Waals surface area contributed by atoms with Crippen molar-refractivity contribution in [3.8, 4) is 0 Å². The van der Waals surface area contributed by atoms with Crippen LogP contribution in [0.4, 0.5) is 5.69 Å². The van der Waals surface area contributed by atoms with E-state index < -0.39 is 0 Å². The van der Waals surface area contributed by atoms with Crippen molar-refractivity contribution in [1.29, 1.82) is 5.41 Å². The molecule has 0 amide bonds. The molecule has 4 nitrogen and oxygen atoms in total. The molecule has 0 saturated carbocycles. The van der Waals surface area contributed by atoms with Gasteiger partial charge in [-0.05, 0) is 32.3 Å². The summed E-state index contributed by atoms with van der Waals surface area (Å²) in [5.41, 5.74) is 7.17. The van der Waals surface area contributed by atoms with Gasteiger partial charge in [0.15, 0.2) is 0 Å². The van der Waals surface area contributed by atoms with Gasteiger partial charge in [-0.25, -0.2) is 0 Å². The lowest BCUT2D eigenvalue weighted by Crippen LogP contribution is -2.30. The molecule has 94 valence electrons. The lowest BCUT2D eigenvalue weighted by molar-refractivity contribution is 0.416. The average Bonchev–Trinajstić information content (AvgIpc) is 2.25. The summed E-state index contributed by atoms with van der Waals surface area (Å²) in [7, 11) is 6.02. The quantitative estimate of drug-likeness (QED) is 0.620. The largest absolute Gasteiger partial charge is 0.384 e. The van der Waals surface area contributed by atoms with Crippen LogP contribution in [0.15, 0.2) is 18.2 Å². The minimum atomic E-state index is 0.0633. The van der Waals surface area contributed by atoms with Crippen molar-refractivity contribution in [3.63, 3.8) is 0 Å². The van der Waals surface area contributed by atoms with Gasteiger partial charge in [-0.3, -0.25) is 5.41 Å². The Morgan fingerprint density at radius 3 is 2.47 bits per heavy atom. The van der Waals surface area contributed by atoms with Crippen molar-refractivity contribution in [2.75, 3.05) is 39.1 Å². The lowest BCUT2D eigenvalue weighted by Gasteiger charge is -2.24. The molecule has 0 fully saturated rings. The van der Waals surface area contributed by atoms with Gasteiger partial charge in [0, 0.05) is 36.4 Å². The van der Waals surface area contributed by atoms with Gasteiger partial charge >= 0.3 is 0 Å². The number of nitrogen functional groups attached to an aromatic ring is 1. The van der Waals surface area contributed by atoms with Gasteiger partial charge < -0.3 is 15.5 Å². The van der Waals surface area contributed by atoms with Crippen LogP contribution in [0.1, 0.15) is 5.56 Å². The molecule has 1 aromatic carbocycles. The van der Waals surface area contributed by atoms with E-state index in [-0.39, 0.29) is 5.84 Å². The zero-order valence-corrected chi connectivity index (χ0v) is 11.3. The monoisotopic (exact) mass is 254 g/mol. The van der Waals surface area contributed by atoms with Crippen LogP contribution >= 0.6 is 11.6 Å². The molecule has 1 aromatic rings. The van der Waals surface area contributed by atoms with E-state index in [1.807, 2.05) is 27.2 Å². The summed E-state index contributed by atoms with van der Waals surface area (Å²) in [5.74, 6) is 0.0633. The summed E-state index contributed by atoms with van der Waals surface area (Å²) < 4.78 is 0. The fourth-order valence-corrected chi connectivity index (χ4v) is 1.69. The molecule has 0 bridgehead atoms. The van der Waals surface area contributed by atoms with Crippen LogP contribution in [0.3, 0.4) is 0 Å². The summed E-state index contributed by atoms with van der Waals surface area (Å²) >= 11 is 5.98. The number of nitrogens with two attached hydrogens (primary N) is 1. The molecule has 0 radical (unpaired) electrons. The maximum absolute atomic E-state index is 7.55. The first-order valence-corrected chi connectivity index (χ1v) is 5.79. The van der Waals surface area contributed by atoms with E-state index in [0.29, 0.717) is 5.02 Å². The summed E-state index contributed by atoms with van der Waals surface area (Å²) in [6, 6.07) is 5.38. The first-order valence-electron chi connectivity index (χ1n) is 5.41.